The van der Waals surface area contributed by atoms with Gasteiger partial charge in [0.05, 0.1) is 6.04 Å². The lowest BCUT2D eigenvalue weighted by Crippen LogP contribution is -2.43. The van der Waals surface area contributed by atoms with Gasteiger partial charge in [0.1, 0.15) is 5.78 Å². The molecule has 0 aromatic rings. The van der Waals surface area contributed by atoms with Crippen LogP contribution in [0.3, 0.4) is 0 Å². The molecule has 0 aliphatic heterocycles. The number of hydrogen-bond acceptors (Lipinski definition) is 2. The van der Waals surface area contributed by atoms with E-state index in [9.17, 15) is 4.79 Å². The highest BCUT2D eigenvalue weighted by Gasteiger charge is 2.20. The zero-order valence-corrected chi connectivity index (χ0v) is 12.9. The van der Waals surface area contributed by atoms with Gasteiger partial charge in [0.25, 0.3) is 0 Å². The molecule has 2 aliphatic rings. The van der Waals surface area contributed by atoms with Crippen molar-refractivity contribution in [1.29, 1.82) is 0 Å². The third-order valence-corrected chi connectivity index (χ3v) is 4.75. The van der Waals surface area contributed by atoms with Gasteiger partial charge in [-0.25, -0.2) is 0 Å². The molecule has 2 fully saturated rings. The van der Waals surface area contributed by atoms with Gasteiger partial charge in [-0.3, -0.25) is 4.79 Å². The predicted molar refractivity (Wildman–Crippen MR) is 83.4 cm³/mol. The molecule has 0 aromatic heterocycles. The maximum Gasteiger partial charge on any atom is 0.147 e. The number of carbonyl (C=O) groups excluding carboxylic acids is 1. The van der Waals surface area contributed by atoms with Gasteiger partial charge < -0.3 is 5.32 Å². The van der Waals surface area contributed by atoms with Crippen molar-refractivity contribution < 1.29 is 4.79 Å². The van der Waals surface area contributed by atoms with E-state index in [4.69, 9.17) is 0 Å². The van der Waals surface area contributed by atoms with Crippen LogP contribution >= 0.6 is 0 Å². The van der Waals surface area contributed by atoms with Gasteiger partial charge in [0.2, 0.25) is 0 Å². The SMILES string of the molecule is CC(=O)[C@@H](CC#CC1CCCCC1)NC1CCCCC1. The minimum Gasteiger partial charge on any atom is -0.304 e. The standard InChI is InChI=1S/C18H29NO/c1-15(20)18(19-17-12-6-3-7-13-17)14-8-11-16-9-4-2-5-10-16/h16-19H,2-7,9-10,12-14H2,1H3/t18-/m1/s1. The summed E-state index contributed by atoms with van der Waals surface area (Å²) in [4.78, 5) is 11.8. The minimum absolute atomic E-state index is 0.0470. The number of ketones is 1. The van der Waals surface area contributed by atoms with Crippen molar-refractivity contribution in [2.45, 2.75) is 89.6 Å². The molecule has 0 spiro atoms. The van der Waals surface area contributed by atoms with E-state index in [1.807, 2.05) is 0 Å². The van der Waals surface area contributed by atoms with E-state index in [1.54, 1.807) is 6.92 Å². The summed E-state index contributed by atoms with van der Waals surface area (Å²) in [7, 11) is 0. The van der Waals surface area contributed by atoms with Crippen LogP contribution in [0.4, 0.5) is 0 Å². The average Bonchev–Trinajstić information content (AvgIpc) is 2.48. The highest BCUT2D eigenvalue weighted by Crippen LogP contribution is 2.22. The number of rotatable bonds is 4. The summed E-state index contributed by atoms with van der Waals surface area (Å²) in [6.07, 6.45) is 13.6. The summed E-state index contributed by atoms with van der Waals surface area (Å²) in [5.74, 6) is 7.53. The van der Waals surface area contributed by atoms with E-state index in [1.165, 1.54) is 64.2 Å². The Morgan fingerprint density at radius 2 is 1.65 bits per heavy atom. The van der Waals surface area contributed by atoms with Crippen LogP contribution in [0, 0.1) is 17.8 Å². The van der Waals surface area contributed by atoms with Crippen molar-refractivity contribution in [2.75, 3.05) is 0 Å². The Morgan fingerprint density at radius 3 is 2.25 bits per heavy atom. The van der Waals surface area contributed by atoms with E-state index < -0.39 is 0 Å². The summed E-state index contributed by atoms with van der Waals surface area (Å²) >= 11 is 0. The average molecular weight is 275 g/mol. The quantitative estimate of drug-likeness (QED) is 0.790. The number of carbonyl (C=O) groups is 1. The molecule has 2 heteroatoms. The third kappa shape index (κ3) is 5.29. The van der Waals surface area contributed by atoms with Crippen LogP contribution in [0.25, 0.3) is 0 Å². The van der Waals surface area contributed by atoms with E-state index in [2.05, 4.69) is 17.2 Å². The number of hydrogen-bond donors (Lipinski definition) is 1. The summed E-state index contributed by atoms with van der Waals surface area (Å²) in [6, 6.07) is 0.489. The van der Waals surface area contributed by atoms with Crippen LogP contribution in [0.2, 0.25) is 0 Å². The van der Waals surface area contributed by atoms with Crippen LogP contribution in [0.15, 0.2) is 0 Å². The Balaban J connectivity index is 1.79. The summed E-state index contributed by atoms with van der Waals surface area (Å²) < 4.78 is 0. The molecule has 2 nitrogen and oxygen atoms in total. The van der Waals surface area contributed by atoms with Crippen LogP contribution in [-0.2, 0) is 4.79 Å². The van der Waals surface area contributed by atoms with Crippen LogP contribution < -0.4 is 5.32 Å². The third-order valence-electron chi connectivity index (χ3n) is 4.75. The fourth-order valence-corrected chi connectivity index (χ4v) is 3.43. The van der Waals surface area contributed by atoms with Gasteiger partial charge >= 0.3 is 0 Å². The van der Waals surface area contributed by atoms with Gasteiger partial charge in [-0.1, -0.05) is 44.4 Å². The fourth-order valence-electron chi connectivity index (χ4n) is 3.43. The van der Waals surface area contributed by atoms with E-state index in [0.29, 0.717) is 18.4 Å². The molecule has 0 aromatic carbocycles. The summed E-state index contributed by atoms with van der Waals surface area (Å²) in [5, 5.41) is 3.54. The van der Waals surface area contributed by atoms with Crippen LogP contribution in [-0.4, -0.2) is 17.9 Å². The molecule has 0 saturated heterocycles. The molecule has 112 valence electrons. The molecule has 2 saturated carbocycles. The van der Waals surface area contributed by atoms with Crippen LogP contribution in [0.5, 0.6) is 0 Å². The van der Waals surface area contributed by atoms with Gasteiger partial charge in [0, 0.05) is 18.4 Å². The van der Waals surface area contributed by atoms with Crippen molar-refractivity contribution in [1.82, 2.24) is 5.32 Å². The lowest BCUT2D eigenvalue weighted by molar-refractivity contribution is -0.119. The van der Waals surface area contributed by atoms with Crippen molar-refractivity contribution >= 4 is 5.78 Å². The van der Waals surface area contributed by atoms with Crippen LogP contribution in [0.1, 0.15) is 77.6 Å². The second kappa shape index (κ2) is 8.47. The van der Waals surface area contributed by atoms with Crippen molar-refractivity contribution in [2.24, 2.45) is 5.92 Å². The zero-order valence-electron chi connectivity index (χ0n) is 12.9. The Kier molecular flexibility index (Phi) is 6.60. The summed E-state index contributed by atoms with van der Waals surface area (Å²) in [5.41, 5.74) is 0. The monoisotopic (exact) mass is 275 g/mol. The highest BCUT2D eigenvalue weighted by atomic mass is 16.1. The zero-order chi connectivity index (χ0) is 14.2. The Bertz CT molecular complexity index is 353. The molecule has 0 bridgehead atoms. The second-order valence-corrected chi connectivity index (χ2v) is 6.53. The molecule has 20 heavy (non-hydrogen) atoms. The molecule has 0 radical (unpaired) electrons. The molecular weight excluding hydrogens is 246 g/mol. The molecule has 0 amide bonds. The topological polar surface area (TPSA) is 29.1 Å². The molecule has 2 rings (SSSR count). The lowest BCUT2D eigenvalue weighted by Gasteiger charge is -2.26. The van der Waals surface area contributed by atoms with Crippen molar-refractivity contribution in [3.63, 3.8) is 0 Å². The minimum atomic E-state index is -0.0470. The first-order valence-corrected chi connectivity index (χ1v) is 8.50. The molecule has 0 heterocycles. The van der Waals surface area contributed by atoms with Gasteiger partial charge in [-0.2, -0.15) is 0 Å². The summed E-state index contributed by atoms with van der Waals surface area (Å²) in [6.45, 7) is 1.70. The van der Waals surface area contributed by atoms with Crippen molar-refractivity contribution in [3.8, 4) is 11.8 Å². The fraction of sp³-hybridized carbons (Fsp3) is 0.833. The van der Waals surface area contributed by atoms with E-state index in [0.717, 1.165) is 0 Å². The number of Topliss-reactive ketones (excluding diaryl/α,β-unsaturated/α-hetero) is 1. The first-order valence-electron chi connectivity index (χ1n) is 8.50. The largest absolute Gasteiger partial charge is 0.304 e. The first kappa shape index (κ1) is 15.6. The van der Waals surface area contributed by atoms with E-state index in [-0.39, 0.29) is 11.8 Å². The smallest absolute Gasteiger partial charge is 0.147 e. The normalized spacial score (nSPS) is 22.9. The highest BCUT2D eigenvalue weighted by molar-refractivity contribution is 5.81. The maximum atomic E-state index is 11.8. The molecule has 0 unspecified atom stereocenters. The molecule has 1 N–H and O–H groups in total. The second-order valence-electron chi connectivity index (χ2n) is 6.53. The Morgan fingerprint density at radius 1 is 1.05 bits per heavy atom. The molecule has 1 atom stereocenters. The lowest BCUT2D eigenvalue weighted by atomic mass is 9.89. The molecular formula is C18H29NO. The maximum absolute atomic E-state index is 11.8. The van der Waals surface area contributed by atoms with Gasteiger partial charge in [0.15, 0.2) is 0 Å². The Hall–Kier alpha value is -0.810. The van der Waals surface area contributed by atoms with Crippen molar-refractivity contribution in [3.05, 3.63) is 0 Å². The molecule has 2 aliphatic carbocycles. The first-order chi connectivity index (χ1) is 9.75. The number of nitrogens with one attached hydrogen (secondary N) is 1. The Labute approximate surface area is 124 Å². The van der Waals surface area contributed by atoms with E-state index >= 15 is 0 Å². The van der Waals surface area contributed by atoms with Gasteiger partial charge in [-0.05, 0) is 32.6 Å². The van der Waals surface area contributed by atoms with Gasteiger partial charge in [-0.15, -0.1) is 5.92 Å². The predicted octanol–water partition coefficient (Wildman–Crippen LogP) is 3.84.